The van der Waals surface area contributed by atoms with Gasteiger partial charge in [-0.3, -0.25) is 24.7 Å². The molecule has 1 saturated heterocycles. The Morgan fingerprint density at radius 3 is 2.39 bits per heavy atom. The number of hydrogen-bond donors (Lipinski definition) is 1. The van der Waals surface area contributed by atoms with Crippen molar-refractivity contribution in [3.05, 3.63) is 89.1 Å². The molecule has 1 aliphatic heterocycles. The van der Waals surface area contributed by atoms with E-state index in [9.17, 15) is 27.2 Å². The summed E-state index contributed by atoms with van der Waals surface area (Å²) >= 11 is 0. The van der Waals surface area contributed by atoms with E-state index in [2.05, 4.69) is 10.3 Å². The number of nitriles is 1. The van der Waals surface area contributed by atoms with Gasteiger partial charge in [-0.1, -0.05) is 31.2 Å². The van der Waals surface area contributed by atoms with Gasteiger partial charge in [-0.25, -0.2) is 22.5 Å². The normalized spacial score (nSPS) is 21.5. The molecular weight excluding hydrogens is 578 g/mol. The molecule has 0 bridgehead atoms. The molecule has 6 rings (SSSR count). The van der Waals surface area contributed by atoms with Crippen LogP contribution in [0.1, 0.15) is 49.3 Å². The summed E-state index contributed by atoms with van der Waals surface area (Å²) in [7, 11) is 0. The van der Waals surface area contributed by atoms with Crippen molar-refractivity contribution in [3.8, 4) is 6.07 Å². The highest BCUT2D eigenvalue weighted by Gasteiger charge is 2.52. The van der Waals surface area contributed by atoms with Gasteiger partial charge in [-0.05, 0) is 54.7 Å². The first-order valence-electron chi connectivity index (χ1n) is 14.0. The van der Waals surface area contributed by atoms with E-state index in [1.165, 1.54) is 4.90 Å². The fourth-order valence-electron chi connectivity index (χ4n) is 5.90. The van der Waals surface area contributed by atoms with E-state index in [4.69, 9.17) is 10.1 Å². The predicted molar refractivity (Wildman–Crippen MR) is 155 cm³/mol. The average molecular weight is 610 g/mol. The lowest BCUT2D eigenvalue weighted by molar-refractivity contribution is -0.120. The highest BCUT2D eigenvalue weighted by molar-refractivity contribution is 5.96. The summed E-state index contributed by atoms with van der Waals surface area (Å²) in [6.45, 7) is 4.61. The van der Waals surface area contributed by atoms with Crippen molar-refractivity contribution in [2.75, 3.05) is 16.3 Å². The van der Waals surface area contributed by atoms with Gasteiger partial charge < -0.3 is 4.79 Å². The molecule has 3 aromatic rings. The van der Waals surface area contributed by atoms with Gasteiger partial charge in [0, 0.05) is 43.6 Å². The van der Waals surface area contributed by atoms with E-state index in [-0.39, 0.29) is 30.4 Å². The van der Waals surface area contributed by atoms with Crippen LogP contribution in [0.25, 0.3) is 0 Å². The molecule has 1 saturated carbocycles. The maximum Gasteiger partial charge on any atom is 0.251 e. The number of amides is 2. The minimum absolute atomic E-state index is 0.0396. The zero-order valence-electron chi connectivity index (χ0n) is 24.0. The maximum atomic E-state index is 13.8. The van der Waals surface area contributed by atoms with Crippen LogP contribution in [-0.4, -0.2) is 42.6 Å². The van der Waals surface area contributed by atoms with Crippen molar-refractivity contribution in [2.45, 2.75) is 56.7 Å². The number of halogens is 4. The third-order valence-electron chi connectivity index (χ3n) is 8.02. The first-order valence-corrected chi connectivity index (χ1v) is 14.0. The zero-order valence-corrected chi connectivity index (χ0v) is 24.0. The molecule has 2 fully saturated rings. The van der Waals surface area contributed by atoms with Crippen LogP contribution in [0.15, 0.2) is 60.8 Å². The Labute approximate surface area is 252 Å². The summed E-state index contributed by atoms with van der Waals surface area (Å²) < 4.78 is 54.3. The van der Waals surface area contributed by atoms with Gasteiger partial charge in [-0.2, -0.15) is 5.26 Å². The van der Waals surface area contributed by atoms with Crippen molar-refractivity contribution in [2.24, 2.45) is 5.92 Å². The Bertz CT molecular complexity index is 1540. The molecule has 2 amide bonds. The monoisotopic (exact) mass is 609 g/mol. The number of pyridine rings is 1. The minimum Gasteiger partial charge on any atom is -0.307 e. The summed E-state index contributed by atoms with van der Waals surface area (Å²) in [6.07, 6.45) is 3.30. The van der Waals surface area contributed by atoms with Gasteiger partial charge in [0.05, 0.1) is 17.3 Å². The lowest BCUT2D eigenvalue weighted by Crippen LogP contribution is -2.62. The minimum atomic E-state index is -2.73. The van der Waals surface area contributed by atoms with Crippen molar-refractivity contribution >= 4 is 30.6 Å². The lowest BCUT2D eigenvalue weighted by atomic mass is 9.85. The van der Waals surface area contributed by atoms with E-state index in [0.717, 1.165) is 35.7 Å². The molecule has 2 aromatic carbocycles. The number of nitrogens with zero attached hydrogens (tertiary/aromatic N) is 4. The molecule has 2 aliphatic carbocycles. The molecular formula is C32H31F4N5O3. The summed E-state index contributed by atoms with van der Waals surface area (Å²) in [4.78, 5) is 38.7. The molecule has 0 spiro atoms. The zero-order chi connectivity index (χ0) is 32.1. The molecule has 1 N–H and O–H groups in total. The highest BCUT2D eigenvalue weighted by Crippen LogP contribution is 2.45. The maximum absolute atomic E-state index is 13.8. The Morgan fingerprint density at radius 1 is 1.11 bits per heavy atom. The van der Waals surface area contributed by atoms with Crippen LogP contribution in [0.4, 0.5) is 29.1 Å². The second kappa shape index (κ2) is 13.3. The van der Waals surface area contributed by atoms with Crippen LogP contribution >= 0.6 is 0 Å². The molecule has 2 atom stereocenters. The van der Waals surface area contributed by atoms with Crippen LogP contribution in [0.2, 0.25) is 0 Å². The van der Waals surface area contributed by atoms with E-state index in [1.54, 1.807) is 29.3 Å². The molecule has 44 heavy (non-hydrogen) atoms. The van der Waals surface area contributed by atoms with Crippen molar-refractivity contribution in [1.29, 1.82) is 5.26 Å². The largest absolute Gasteiger partial charge is 0.307 e. The van der Waals surface area contributed by atoms with E-state index < -0.39 is 29.3 Å². The van der Waals surface area contributed by atoms with Crippen molar-refractivity contribution < 1.29 is 31.9 Å². The van der Waals surface area contributed by atoms with Gasteiger partial charge in [0.25, 0.3) is 5.92 Å². The van der Waals surface area contributed by atoms with E-state index >= 15 is 0 Å². The summed E-state index contributed by atoms with van der Waals surface area (Å²) in [6, 6.07) is 15.1. The van der Waals surface area contributed by atoms with Gasteiger partial charge >= 0.3 is 0 Å². The number of anilines is 2. The fraction of sp³-hybridized carbons (Fsp3) is 0.344. The Balaban J connectivity index is 0.000000220. The number of benzene rings is 2. The standard InChI is InChI=1S/C20H18F4N2O.C11H11N3O.CH2O/c21-14-7-15(22)9-17(8-14)26(12-27)20(25-16-10-19(23,24)11-16)6-5-13-3-1-2-4-18(13)20;1-8-3-5-14(11(8)15)10-6-9(7-12)2-4-13-10;1-2/h1-4,7-9,12,16,25H,5-6,10-11H2;2,4,6,8H,3,5H2,1H3;1H2. The number of aryl methyl sites for hydroxylation is 1. The molecule has 0 radical (unpaired) electrons. The third-order valence-corrected chi connectivity index (χ3v) is 8.02. The van der Waals surface area contributed by atoms with E-state index in [0.29, 0.717) is 37.2 Å². The average Bonchev–Trinajstić information content (AvgIpc) is 3.53. The lowest BCUT2D eigenvalue weighted by Gasteiger charge is -2.47. The summed E-state index contributed by atoms with van der Waals surface area (Å²) in [5.41, 5.74) is 1.18. The van der Waals surface area contributed by atoms with Crippen LogP contribution in [0.5, 0.6) is 0 Å². The van der Waals surface area contributed by atoms with Crippen LogP contribution in [-0.2, 0) is 26.5 Å². The summed E-state index contributed by atoms with van der Waals surface area (Å²) in [5.74, 6) is -3.60. The van der Waals surface area contributed by atoms with Crippen LogP contribution in [0.3, 0.4) is 0 Å². The number of alkyl halides is 2. The smallest absolute Gasteiger partial charge is 0.251 e. The SMILES string of the molecule is C=O.CC1CCN(c2cc(C#N)ccn2)C1=O.O=CN(c1cc(F)cc(F)c1)C1(NC2CC(F)(F)C2)CCc2ccccc21. The Hall–Kier alpha value is -4.63. The molecule has 1 aromatic heterocycles. The predicted octanol–water partition coefficient (Wildman–Crippen LogP) is 5.26. The van der Waals surface area contributed by atoms with Crippen molar-refractivity contribution in [1.82, 2.24) is 10.3 Å². The molecule has 8 nitrogen and oxygen atoms in total. The van der Waals surface area contributed by atoms with Crippen LogP contribution < -0.4 is 15.1 Å². The summed E-state index contributed by atoms with van der Waals surface area (Å²) in [5, 5.41) is 11.9. The molecule has 2 heterocycles. The van der Waals surface area contributed by atoms with E-state index in [1.807, 2.05) is 38.0 Å². The number of aromatic nitrogens is 1. The molecule has 2 unspecified atom stereocenters. The Morgan fingerprint density at radius 2 is 1.80 bits per heavy atom. The number of rotatable bonds is 6. The number of carbonyl (C=O) groups is 3. The van der Waals surface area contributed by atoms with Crippen LogP contribution in [0, 0.1) is 28.9 Å². The van der Waals surface area contributed by atoms with Gasteiger partial charge in [0.1, 0.15) is 29.9 Å². The molecule has 3 aliphatic rings. The number of fused-ring (bicyclic) bond motifs is 1. The quantitative estimate of drug-likeness (QED) is 0.232. The van der Waals surface area contributed by atoms with Crippen molar-refractivity contribution in [3.63, 3.8) is 0 Å². The second-order valence-electron chi connectivity index (χ2n) is 10.9. The Kier molecular flexibility index (Phi) is 9.79. The topological polar surface area (TPSA) is 106 Å². The van der Waals surface area contributed by atoms with Gasteiger partial charge in [-0.15, -0.1) is 0 Å². The first kappa shape index (κ1) is 32.3. The highest BCUT2D eigenvalue weighted by atomic mass is 19.3. The van der Waals surface area contributed by atoms with Gasteiger partial charge in [0.15, 0.2) is 0 Å². The fourth-order valence-corrected chi connectivity index (χ4v) is 5.90. The number of carbonyl (C=O) groups excluding carboxylic acids is 3. The number of nitrogens with one attached hydrogen (secondary N) is 1. The number of hydrogen-bond acceptors (Lipinski definition) is 6. The van der Waals surface area contributed by atoms with Gasteiger partial charge in [0.2, 0.25) is 12.3 Å². The molecule has 12 heteroatoms. The third kappa shape index (κ3) is 6.63. The first-order chi connectivity index (χ1) is 21.0. The second-order valence-corrected chi connectivity index (χ2v) is 10.9. The molecule has 230 valence electrons.